The van der Waals surface area contributed by atoms with Crippen molar-refractivity contribution in [3.63, 3.8) is 0 Å². The Balaban J connectivity index is 1.77. The van der Waals surface area contributed by atoms with E-state index in [9.17, 15) is 0 Å². The summed E-state index contributed by atoms with van der Waals surface area (Å²) in [5.41, 5.74) is 0.181. The van der Waals surface area contributed by atoms with Gasteiger partial charge in [-0.05, 0) is 43.4 Å². The summed E-state index contributed by atoms with van der Waals surface area (Å²) >= 11 is 1.75. The van der Waals surface area contributed by atoms with Crippen molar-refractivity contribution in [3.05, 3.63) is 24.3 Å². The van der Waals surface area contributed by atoms with Gasteiger partial charge in [-0.1, -0.05) is 13.8 Å². The molecule has 0 radical (unpaired) electrons. The summed E-state index contributed by atoms with van der Waals surface area (Å²) in [6.45, 7) is 6.28. The Bertz CT molecular complexity index is 371. The highest BCUT2D eigenvalue weighted by Gasteiger charge is 2.25. The molecule has 1 N–H and O–H groups in total. The Morgan fingerprint density at radius 2 is 1.94 bits per heavy atom. The van der Waals surface area contributed by atoms with Crippen LogP contribution in [-0.4, -0.2) is 25.4 Å². The van der Waals surface area contributed by atoms with Gasteiger partial charge in [-0.15, -0.1) is 11.8 Å². The van der Waals surface area contributed by atoms with E-state index >= 15 is 0 Å². The summed E-state index contributed by atoms with van der Waals surface area (Å²) in [7, 11) is 0. The molecular weight excluding hydrogens is 242 g/mol. The van der Waals surface area contributed by atoms with Crippen molar-refractivity contribution in [2.45, 2.75) is 37.6 Å². The van der Waals surface area contributed by atoms with Gasteiger partial charge < -0.3 is 10.1 Å². The third-order valence-corrected chi connectivity index (χ3v) is 3.88. The van der Waals surface area contributed by atoms with Gasteiger partial charge in [-0.3, -0.25) is 0 Å². The van der Waals surface area contributed by atoms with Crippen molar-refractivity contribution in [3.8, 4) is 5.75 Å². The Morgan fingerprint density at radius 3 is 2.50 bits per heavy atom. The van der Waals surface area contributed by atoms with E-state index in [1.54, 1.807) is 11.8 Å². The van der Waals surface area contributed by atoms with Crippen LogP contribution in [0.25, 0.3) is 0 Å². The molecule has 0 aromatic heterocycles. The lowest BCUT2D eigenvalue weighted by atomic mass is 9.95. The van der Waals surface area contributed by atoms with Crippen LogP contribution in [0.2, 0.25) is 0 Å². The molecule has 1 fully saturated rings. The van der Waals surface area contributed by atoms with Gasteiger partial charge in [-0.2, -0.15) is 0 Å². The zero-order valence-electron chi connectivity index (χ0n) is 11.5. The molecule has 0 saturated heterocycles. The number of thioether (sulfide) groups is 1. The maximum Gasteiger partial charge on any atom is 0.119 e. The molecule has 2 nitrogen and oxygen atoms in total. The topological polar surface area (TPSA) is 21.3 Å². The van der Waals surface area contributed by atoms with Crippen LogP contribution in [0.15, 0.2) is 29.2 Å². The van der Waals surface area contributed by atoms with E-state index in [0.29, 0.717) is 0 Å². The lowest BCUT2D eigenvalue weighted by molar-refractivity contribution is 0.176. The molecular formula is C15H23NOS. The minimum atomic E-state index is 0.181. The van der Waals surface area contributed by atoms with Crippen LogP contribution in [0.1, 0.15) is 26.7 Å². The second-order valence-corrected chi connectivity index (χ2v) is 6.66. The zero-order chi connectivity index (χ0) is 13.0. The quantitative estimate of drug-likeness (QED) is 0.762. The van der Waals surface area contributed by atoms with E-state index in [1.165, 1.54) is 17.7 Å². The summed E-state index contributed by atoms with van der Waals surface area (Å²) in [6.07, 6.45) is 4.77. The minimum absolute atomic E-state index is 0.181. The minimum Gasteiger partial charge on any atom is -0.493 e. The molecule has 100 valence electrons. The van der Waals surface area contributed by atoms with Gasteiger partial charge >= 0.3 is 0 Å². The van der Waals surface area contributed by atoms with Crippen molar-refractivity contribution in [1.82, 2.24) is 5.32 Å². The predicted molar refractivity (Wildman–Crippen MR) is 78.5 cm³/mol. The van der Waals surface area contributed by atoms with Crippen molar-refractivity contribution in [2.75, 3.05) is 19.4 Å². The fourth-order valence-corrected chi connectivity index (χ4v) is 2.12. The molecule has 0 unspecified atom stereocenters. The molecule has 0 aliphatic heterocycles. The number of benzene rings is 1. The summed E-state index contributed by atoms with van der Waals surface area (Å²) < 4.78 is 5.87. The largest absolute Gasteiger partial charge is 0.493 e. The molecule has 1 aromatic rings. The van der Waals surface area contributed by atoms with Gasteiger partial charge in [0.2, 0.25) is 0 Å². The molecule has 0 spiro atoms. The van der Waals surface area contributed by atoms with Crippen LogP contribution in [-0.2, 0) is 0 Å². The summed E-state index contributed by atoms with van der Waals surface area (Å²) in [6, 6.07) is 9.09. The summed E-state index contributed by atoms with van der Waals surface area (Å²) in [4.78, 5) is 1.28. The van der Waals surface area contributed by atoms with Crippen LogP contribution in [0.3, 0.4) is 0 Å². The van der Waals surface area contributed by atoms with Crippen LogP contribution < -0.4 is 10.1 Å². The zero-order valence-corrected chi connectivity index (χ0v) is 12.3. The smallest absolute Gasteiger partial charge is 0.119 e. The van der Waals surface area contributed by atoms with Crippen molar-refractivity contribution >= 4 is 11.8 Å². The molecule has 0 atom stereocenters. The Labute approximate surface area is 114 Å². The number of nitrogens with one attached hydrogen (secondary N) is 1. The van der Waals surface area contributed by atoms with E-state index < -0.39 is 0 Å². The van der Waals surface area contributed by atoms with Gasteiger partial charge in [0.1, 0.15) is 5.75 Å². The third kappa shape index (κ3) is 4.54. The molecule has 1 saturated carbocycles. The molecule has 1 aliphatic carbocycles. The Morgan fingerprint density at radius 1 is 1.28 bits per heavy atom. The van der Waals surface area contributed by atoms with Crippen molar-refractivity contribution in [1.29, 1.82) is 0 Å². The first kappa shape index (κ1) is 13.8. The van der Waals surface area contributed by atoms with Crippen molar-refractivity contribution in [2.24, 2.45) is 5.41 Å². The lowest BCUT2D eigenvalue weighted by Gasteiger charge is -2.25. The summed E-state index contributed by atoms with van der Waals surface area (Å²) in [5, 5.41) is 3.57. The van der Waals surface area contributed by atoms with Gasteiger partial charge in [0, 0.05) is 22.9 Å². The van der Waals surface area contributed by atoms with E-state index in [1.807, 2.05) is 0 Å². The number of hydrogen-bond acceptors (Lipinski definition) is 3. The van der Waals surface area contributed by atoms with Gasteiger partial charge in [0.25, 0.3) is 0 Å². The monoisotopic (exact) mass is 265 g/mol. The van der Waals surface area contributed by atoms with E-state index in [2.05, 4.69) is 49.7 Å². The maximum absolute atomic E-state index is 5.87. The molecule has 0 bridgehead atoms. The summed E-state index contributed by atoms with van der Waals surface area (Å²) in [5.74, 6) is 0.965. The SMILES string of the molecule is CSc1ccc(OCC(C)(C)CNC2CC2)cc1. The fraction of sp³-hybridized carbons (Fsp3) is 0.600. The van der Waals surface area contributed by atoms with Crippen LogP contribution in [0, 0.1) is 5.41 Å². The first-order valence-corrected chi connectivity index (χ1v) is 7.82. The number of ether oxygens (including phenoxy) is 1. The number of rotatable bonds is 7. The molecule has 0 heterocycles. The Hall–Kier alpha value is -0.670. The maximum atomic E-state index is 5.87. The van der Waals surface area contributed by atoms with E-state index in [0.717, 1.165) is 24.9 Å². The van der Waals surface area contributed by atoms with Crippen molar-refractivity contribution < 1.29 is 4.74 Å². The lowest BCUT2D eigenvalue weighted by Crippen LogP contribution is -2.35. The van der Waals surface area contributed by atoms with Crippen LogP contribution in [0.5, 0.6) is 5.75 Å². The van der Waals surface area contributed by atoms with Gasteiger partial charge in [-0.25, -0.2) is 0 Å². The number of hydrogen-bond donors (Lipinski definition) is 1. The highest BCUT2D eigenvalue weighted by atomic mass is 32.2. The van der Waals surface area contributed by atoms with E-state index in [-0.39, 0.29) is 5.41 Å². The normalized spacial score (nSPS) is 15.7. The standard InChI is InChI=1S/C15H23NOS/c1-15(2,10-16-12-4-5-12)11-17-13-6-8-14(18-3)9-7-13/h6-9,12,16H,4-5,10-11H2,1-3H3. The van der Waals surface area contributed by atoms with Crippen LogP contribution >= 0.6 is 11.8 Å². The van der Waals surface area contributed by atoms with Gasteiger partial charge in [0.05, 0.1) is 6.61 Å². The Kier molecular flexibility index (Phi) is 4.57. The average Bonchev–Trinajstić information content (AvgIpc) is 3.19. The predicted octanol–water partition coefficient (Wildman–Crippen LogP) is 3.57. The highest BCUT2D eigenvalue weighted by Crippen LogP contribution is 2.24. The van der Waals surface area contributed by atoms with E-state index in [4.69, 9.17) is 4.74 Å². The highest BCUT2D eigenvalue weighted by molar-refractivity contribution is 7.98. The second kappa shape index (κ2) is 5.98. The molecule has 3 heteroatoms. The molecule has 0 amide bonds. The molecule has 2 rings (SSSR count). The molecule has 18 heavy (non-hydrogen) atoms. The fourth-order valence-electron chi connectivity index (χ4n) is 1.71. The average molecular weight is 265 g/mol. The first-order chi connectivity index (χ1) is 8.59. The molecule has 1 aliphatic rings. The second-order valence-electron chi connectivity index (χ2n) is 5.78. The van der Waals surface area contributed by atoms with Gasteiger partial charge in [0.15, 0.2) is 0 Å². The first-order valence-electron chi connectivity index (χ1n) is 6.59. The van der Waals surface area contributed by atoms with Crippen LogP contribution in [0.4, 0.5) is 0 Å². The molecule has 1 aromatic carbocycles. The third-order valence-electron chi connectivity index (χ3n) is 3.14.